The molecule has 1 aromatic rings. The van der Waals surface area contributed by atoms with Crippen molar-refractivity contribution in [3.8, 4) is 0 Å². The highest BCUT2D eigenvalue weighted by Crippen LogP contribution is 2.24. The fourth-order valence-corrected chi connectivity index (χ4v) is 2.26. The molecule has 1 aromatic heterocycles. The van der Waals surface area contributed by atoms with Gasteiger partial charge in [0.2, 0.25) is 0 Å². The van der Waals surface area contributed by atoms with Gasteiger partial charge < -0.3 is 15.5 Å². The third kappa shape index (κ3) is 2.56. The minimum Gasteiger partial charge on any atom is -0.355 e. The first-order valence-electron chi connectivity index (χ1n) is 5.87. The van der Waals surface area contributed by atoms with Gasteiger partial charge in [0, 0.05) is 31.2 Å². The Bertz CT molecular complexity index is 394. The second kappa shape index (κ2) is 4.98. The molecule has 2 heterocycles. The SMILES string of the molecule is CN(C)C1CCN(c2ncc(F)cc2CN)C1. The molecule has 5 heteroatoms. The number of hydrogen-bond acceptors (Lipinski definition) is 4. The monoisotopic (exact) mass is 238 g/mol. The van der Waals surface area contributed by atoms with Crippen LogP contribution in [0.5, 0.6) is 0 Å². The minimum absolute atomic E-state index is 0.322. The summed E-state index contributed by atoms with van der Waals surface area (Å²) in [7, 11) is 4.16. The maximum absolute atomic E-state index is 13.1. The number of aromatic nitrogens is 1. The van der Waals surface area contributed by atoms with Gasteiger partial charge in [0.25, 0.3) is 0 Å². The van der Waals surface area contributed by atoms with E-state index in [2.05, 4.69) is 28.9 Å². The molecule has 2 rings (SSSR count). The number of nitrogens with two attached hydrogens (primary N) is 1. The molecule has 0 radical (unpaired) electrons. The lowest BCUT2D eigenvalue weighted by Gasteiger charge is -2.22. The van der Waals surface area contributed by atoms with Crippen LogP contribution < -0.4 is 10.6 Å². The fraction of sp³-hybridized carbons (Fsp3) is 0.583. The zero-order chi connectivity index (χ0) is 12.4. The van der Waals surface area contributed by atoms with Crippen LogP contribution in [-0.4, -0.2) is 43.1 Å². The Hall–Kier alpha value is -1.20. The summed E-state index contributed by atoms with van der Waals surface area (Å²) in [4.78, 5) is 8.58. The van der Waals surface area contributed by atoms with Gasteiger partial charge in [-0.25, -0.2) is 9.37 Å². The third-order valence-electron chi connectivity index (χ3n) is 3.32. The van der Waals surface area contributed by atoms with Crippen molar-refractivity contribution in [3.63, 3.8) is 0 Å². The lowest BCUT2D eigenvalue weighted by atomic mass is 10.2. The molecule has 94 valence electrons. The van der Waals surface area contributed by atoms with E-state index in [4.69, 9.17) is 5.73 Å². The molecule has 1 unspecified atom stereocenters. The zero-order valence-electron chi connectivity index (χ0n) is 10.4. The first-order valence-corrected chi connectivity index (χ1v) is 5.87. The van der Waals surface area contributed by atoms with Gasteiger partial charge >= 0.3 is 0 Å². The summed E-state index contributed by atoms with van der Waals surface area (Å²) in [5, 5.41) is 0. The number of hydrogen-bond donors (Lipinski definition) is 1. The van der Waals surface area contributed by atoms with Gasteiger partial charge in [-0.3, -0.25) is 0 Å². The van der Waals surface area contributed by atoms with Crippen molar-refractivity contribution >= 4 is 5.82 Å². The minimum atomic E-state index is -0.322. The van der Waals surface area contributed by atoms with E-state index in [0.29, 0.717) is 12.6 Å². The van der Waals surface area contributed by atoms with Crippen molar-refractivity contribution in [2.24, 2.45) is 5.73 Å². The van der Waals surface area contributed by atoms with Gasteiger partial charge in [-0.2, -0.15) is 0 Å². The summed E-state index contributed by atoms with van der Waals surface area (Å²) in [6.07, 6.45) is 2.37. The lowest BCUT2D eigenvalue weighted by Crippen LogP contribution is -2.32. The zero-order valence-corrected chi connectivity index (χ0v) is 10.4. The van der Waals surface area contributed by atoms with Crippen molar-refractivity contribution in [1.29, 1.82) is 0 Å². The van der Waals surface area contributed by atoms with Crippen molar-refractivity contribution in [2.75, 3.05) is 32.1 Å². The fourth-order valence-electron chi connectivity index (χ4n) is 2.26. The standard InChI is InChI=1S/C12H19FN4/c1-16(2)11-3-4-17(8-11)12-9(6-14)5-10(13)7-15-12/h5,7,11H,3-4,6,8,14H2,1-2H3. The Balaban J connectivity index is 2.18. The number of halogens is 1. The smallest absolute Gasteiger partial charge is 0.141 e. The van der Waals surface area contributed by atoms with E-state index in [0.717, 1.165) is 30.9 Å². The summed E-state index contributed by atoms with van der Waals surface area (Å²) >= 11 is 0. The van der Waals surface area contributed by atoms with Crippen molar-refractivity contribution in [3.05, 3.63) is 23.6 Å². The highest BCUT2D eigenvalue weighted by molar-refractivity contribution is 5.48. The summed E-state index contributed by atoms with van der Waals surface area (Å²) in [6.45, 7) is 2.20. The van der Waals surface area contributed by atoms with Crippen LogP contribution in [0.4, 0.5) is 10.2 Å². The van der Waals surface area contributed by atoms with E-state index in [1.807, 2.05) is 0 Å². The summed E-state index contributed by atoms with van der Waals surface area (Å²) in [5.41, 5.74) is 6.42. The van der Waals surface area contributed by atoms with Gasteiger partial charge in [0.15, 0.2) is 0 Å². The Morgan fingerprint density at radius 3 is 2.94 bits per heavy atom. The second-order valence-electron chi connectivity index (χ2n) is 4.69. The number of nitrogens with zero attached hydrogens (tertiary/aromatic N) is 3. The first kappa shape index (κ1) is 12.3. The second-order valence-corrected chi connectivity index (χ2v) is 4.69. The Morgan fingerprint density at radius 1 is 1.59 bits per heavy atom. The van der Waals surface area contributed by atoms with Crippen molar-refractivity contribution in [2.45, 2.75) is 19.0 Å². The molecule has 1 aliphatic rings. The molecule has 0 aromatic carbocycles. The van der Waals surface area contributed by atoms with E-state index in [1.165, 1.54) is 12.3 Å². The molecule has 17 heavy (non-hydrogen) atoms. The normalized spacial score (nSPS) is 20.3. The maximum Gasteiger partial charge on any atom is 0.141 e. The van der Waals surface area contributed by atoms with Gasteiger partial charge in [0.1, 0.15) is 11.6 Å². The Labute approximate surface area is 101 Å². The van der Waals surface area contributed by atoms with Crippen LogP contribution in [0.1, 0.15) is 12.0 Å². The van der Waals surface area contributed by atoms with Crippen LogP contribution in [0.2, 0.25) is 0 Å². The summed E-state index contributed by atoms with van der Waals surface area (Å²) in [5.74, 6) is 0.510. The van der Waals surface area contributed by atoms with E-state index >= 15 is 0 Å². The van der Waals surface area contributed by atoms with Gasteiger partial charge in [-0.1, -0.05) is 0 Å². The number of rotatable bonds is 3. The molecule has 0 saturated carbocycles. The quantitative estimate of drug-likeness (QED) is 0.847. The molecule has 0 amide bonds. The van der Waals surface area contributed by atoms with Crippen LogP contribution in [0.15, 0.2) is 12.3 Å². The van der Waals surface area contributed by atoms with Crippen LogP contribution in [0.3, 0.4) is 0 Å². The van der Waals surface area contributed by atoms with E-state index in [-0.39, 0.29) is 5.82 Å². The first-order chi connectivity index (χ1) is 8.11. The summed E-state index contributed by atoms with van der Waals surface area (Å²) in [6, 6.07) is 2.01. The van der Waals surface area contributed by atoms with E-state index in [1.54, 1.807) is 0 Å². The number of likely N-dealkylation sites (N-methyl/N-ethyl adjacent to an activating group) is 1. The summed E-state index contributed by atoms with van der Waals surface area (Å²) < 4.78 is 13.1. The Kier molecular flexibility index (Phi) is 3.59. The van der Waals surface area contributed by atoms with Crippen LogP contribution in [0, 0.1) is 5.82 Å². The van der Waals surface area contributed by atoms with Crippen LogP contribution in [0.25, 0.3) is 0 Å². The highest BCUT2D eigenvalue weighted by Gasteiger charge is 2.26. The van der Waals surface area contributed by atoms with Gasteiger partial charge in [-0.15, -0.1) is 0 Å². The molecule has 2 N–H and O–H groups in total. The van der Waals surface area contributed by atoms with Crippen LogP contribution >= 0.6 is 0 Å². The number of anilines is 1. The average Bonchev–Trinajstić information content (AvgIpc) is 2.78. The van der Waals surface area contributed by atoms with Gasteiger partial charge in [-0.05, 0) is 26.6 Å². The molecule has 1 fully saturated rings. The molecule has 1 atom stereocenters. The lowest BCUT2D eigenvalue weighted by molar-refractivity contribution is 0.315. The maximum atomic E-state index is 13.1. The van der Waals surface area contributed by atoms with E-state index in [9.17, 15) is 4.39 Å². The predicted octanol–water partition coefficient (Wildman–Crippen LogP) is 0.820. The Morgan fingerprint density at radius 2 is 2.35 bits per heavy atom. The largest absolute Gasteiger partial charge is 0.355 e. The molecular formula is C12H19FN4. The van der Waals surface area contributed by atoms with Gasteiger partial charge in [0.05, 0.1) is 6.20 Å². The molecule has 1 aliphatic heterocycles. The molecule has 1 saturated heterocycles. The highest BCUT2D eigenvalue weighted by atomic mass is 19.1. The third-order valence-corrected chi connectivity index (χ3v) is 3.32. The predicted molar refractivity (Wildman–Crippen MR) is 66.4 cm³/mol. The molecular weight excluding hydrogens is 219 g/mol. The average molecular weight is 238 g/mol. The molecule has 0 aliphatic carbocycles. The van der Waals surface area contributed by atoms with Crippen molar-refractivity contribution < 1.29 is 4.39 Å². The molecule has 0 spiro atoms. The molecule has 0 bridgehead atoms. The van der Waals surface area contributed by atoms with E-state index < -0.39 is 0 Å². The molecule has 4 nitrogen and oxygen atoms in total. The van der Waals surface area contributed by atoms with Crippen molar-refractivity contribution in [1.82, 2.24) is 9.88 Å². The number of pyridine rings is 1. The topological polar surface area (TPSA) is 45.4 Å². The van der Waals surface area contributed by atoms with Crippen LogP contribution in [-0.2, 0) is 6.54 Å².